The van der Waals surface area contributed by atoms with E-state index in [0.29, 0.717) is 12.0 Å². The lowest BCUT2D eigenvalue weighted by Crippen LogP contribution is -2.48. The van der Waals surface area contributed by atoms with E-state index in [2.05, 4.69) is 12.2 Å². The van der Waals surface area contributed by atoms with Crippen LogP contribution in [0.25, 0.3) is 0 Å². The maximum absolute atomic E-state index is 11.4. The van der Waals surface area contributed by atoms with E-state index in [1.807, 2.05) is 0 Å². The van der Waals surface area contributed by atoms with Crippen molar-refractivity contribution < 1.29 is 13.5 Å². The lowest BCUT2D eigenvalue weighted by Gasteiger charge is -2.32. The van der Waals surface area contributed by atoms with Gasteiger partial charge in [-0.25, -0.2) is 8.42 Å². The van der Waals surface area contributed by atoms with Gasteiger partial charge in [0, 0.05) is 12.1 Å². The summed E-state index contributed by atoms with van der Waals surface area (Å²) in [5, 5.41) is 13.0. The Balaban J connectivity index is 1.94. The number of hydrogen-bond acceptors (Lipinski definition) is 4. The molecule has 1 aliphatic carbocycles. The summed E-state index contributed by atoms with van der Waals surface area (Å²) in [5.41, 5.74) is 0. The van der Waals surface area contributed by atoms with Gasteiger partial charge in [-0.05, 0) is 18.8 Å². The van der Waals surface area contributed by atoms with E-state index < -0.39 is 15.9 Å². The van der Waals surface area contributed by atoms with Crippen LogP contribution in [0.1, 0.15) is 32.6 Å². The van der Waals surface area contributed by atoms with Gasteiger partial charge in [-0.1, -0.05) is 19.8 Å². The highest BCUT2D eigenvalue weighted by molar-refractivity contribution is 7.91. The summed E-state index contributed by atoms with van der Waals surface area (Å²) in [6.07, 6.45) is 4.05. The smallest absolute Gasteiger partial charge is 0.154 e. The van der Waals surface area contributed by atoms with Crippen molar-refractivity contribution in [2.45, 2.75) is 50.8 Å². The Morgan fingerprint density at radius 1 is 1.12 bits per heavy atom. The second kappa shape index (κ2) is 4.63. The largest absolute Gasteiger partial charge is 0.390 e. The van der Waals surface area contributed by atoms with Gasteiger partial charge in [0.15, 0.2) is 9.84 Å². The first-order valence-electron chi connectivity index (χ1n) is 6.12. The molecular formula is C11H21NO3S. The lowest BCUT2D eigenvalue weighted by atomic mass is 9.85. The van der Waals surface area contributed by atoms with Crippen molar-refractivity contribution in [3.05, 3.63) is 0 Å². The predicted molar refractivity (Wildman–Crippen MR) is 63.0 cm³/mol. The Morgan fingerprint density at radius 2 is 1.81 bits per heavy atom. The van der Waals surface area contributed by atoms with Crippen molar-refractivity contribution in [1.82, 2.24) is 5.32 Å². The van der Waals surface area contributed by atoms with Crippen molar-refractivity contribution in [2.75, 3.05) is 11.5 Å². The fourth-order valence-corrected chi connectivity index (χ4v) is 4.58. The summed E-state index contributed by atoms with van der Waals surface area (Å²) in [5.74, 6) is 0.604. The molecule has 1 saturated heterocycles. The molecule has 0 unspecified atom stereocenters. The van der Waals surface area contributed by atoms with Crippen LogP contribution in [0.2, 0.25) is 0 Å². The van der Waals surface area contributed by atoms with Crippen molar-refractivity contribution in [1.29, 1.82) is 0 Å². The third-order valence-corrected chi connectivity index (χ3v) is 5.58. The average Bonchev–Trinajstić information content (AvgIpc) is 2.44. The molecule has 4 nitrogen and oxygen atoms in total. The Kier molecular flexibility index (Phi) is 3.56. The number of nitrogens with one attached hydrogen (secondary N) is 1. The second-order valence-electron chi connectivity index (χ2n) is 5.29. The molecule has 16 heavy (non-hydrogen) atoms. The minimum absolute atomic E-state index is 0.0776. The first-order valence-corrected chi connectivity index (χ1v) is 7.94. The molecule has 0 aromatic carbocycles. The summed E-state index contributed by atoms with van der Waals surface area (Å²) < 4.78 is 22.7. The van der Waals surface area contributed by atoms with Crippen LogP contribution in [0, 0.1) is 5.92 Å². The van der Waals surface area contributed by atoms with Crippen molar-refractivity contribution in [3.63, 3.8) is 0 Å². The quantitative estimate of drug-likeness (QED) is 0.737. The fourth-order valence-electron chi connectivity index (χ4n) is 2.83. The normalized spacial score (nSPS) is 43.4. The topological polar surface area (TPSA) is 66.4 Å². The highest BCUT2D eigenvalue weighted by Crippen LogP contribution is 2.25. The van der Waals surface area contributed by atoms with Gasteiger partial charge in [0.25, 0.3) is 0 Å². The molecule has 0 radical (unpaired) electrons. The van der Waals surface area contributed by atoms with Gasteiger partial charge in [0.2, 0.25) is 0 Å². The van der Waals surface area contributed by atoms with Crippen LogP contribution < -0.4 is 5.32 Å². The summed E-state index contributed by atoms with van der Waals surface area (Å²) in [7, 11) is -3.03. The molecule has 5 heteroatoms. The van der Waals surface area contributed by atoms with Crippen molar-refractivity contribution >= 4 is 9.84 Å². The first kappa shape index (κ1) is 12.3. The summed E-state index contributed by atoms with van der Waals surface area (Å²) in [6.45, 7) is 2.20. The molecule has 2 rings (SSSR count). The van der Waals surface area contributed by atoms with Gasteiger partial charge in [-0.3, -0.25) is 0 Å². The molecule has 2 aliphatic rings. The molecule has 0 amide bonds. The molecular weight excluding hydrogens is 226 g/mol. The number of aliphatic hydroxyl groups excluding tert-OH is 1. The highest BCUT2D eigenvalue weighted by Gasteiger charge is 2.38. The van der Waals surface area contributed by atoms with E-state index in [-0.39, 0.29) is 17.5 Å². The summed E-state index contributed by atoms with van der Waals surface area (Å²) in [6, 6.07) is 0.122. The molecule has 0 bridgehead atoms. The number of aliphatic hydroxyl groups is 1. The van der Waals surface area contributed by atoms with E-state index in [4.69, 9.17) is 0 Å². The Bertz CT molecular complexity index is 341. The summed E-state index contributed by atoms with van der Waals surface area (Å²) in [4.78, 5) is 0. The van der Waals surface area contributed by atoms with Gasteiger partial charge in [-0.15, -0.1) is 0 Å². The molecule has 0 aromatic heterocycles. The van der Waals surface area contributed by atoms with Crippen LogP contribution in [-0.2, 0) is 9.84 Å². The number of rotatable bonds is 2. The molecule has 94 valence electrons. The zero-order valence-electron chi connectivity index (χ0n) is 9.72. The minimum atomic E-state index is -3.03. The van der Waals surface area contributed by atoms with Crippen LogP contribution in [0.4, 0.5) is 0 Å². The number of sulfone groups is 1. The van der Waals surface area contributed by atoms with Crippen LogP contribution in [-0.4, -0.2) is 43.2 Å². The molecule has 0 aromatic rings. The predicted octanol–water partition coefficient (Wildman–Crippen LogP) is 0.313. The molecule has 4 atom stereocenters. The van der Waals surface area contributed by atoms with Gasteiger partial charge in [-0.2, -0.15) is 0 Å². The third-order valence-electron chi connectivity index (χ3n) is 3.86. The SMILES string of the molecule is C[C@H]1CCCC[C@H]1N[C@@H]1CS(=O)(=O)C[C@@H]1O. The standard InChI is InChI=1S/C11H21NO3S/c1-8-4-2-3-5-9(8)12-10-6-16(14,15)7-11(10)13/h8-13H,2-7H2,1H3/t8-,9+,10+,11-/m0/s1. The van der Waals surface area contributed by atoms with E-state index in [9.17, 15) is 13.5 Å². The van der Waals surface area contributed by atoms with E-state index in [1.165, 1.54) is 19.3 Å². The van der Waals surface area contributed by atoms with E-state index in [1.54, 1.807) is 0 Å². The minimum Gasteiger partial charge on any atom is -0.390 e. The maximum atomic E-state index is 11.4. The van der Waals surface area contributed by atoms with E-state index in [0.717, 1.165) is 6.42 Å². The molecule has 1 aliphatic heterocycles. The monoisotopic (exact) mass is 247 g/mol. The maximum Gasteiger partial charge on any atom is 0.154 e. The molecule has 2 fully saturated rings. The van der Waals surface area contributed by atoms with Crippen LogP contribution in [0.5, 0.6) is 0 Å². The second-order valence-corrected chi connectivity index (χ2v) is 7.44. The first-order chi connectivity index (χ1) is 7.48. The number of hydrogen-bond donors (Lipinski definition) is 2. The van der Waals surface area contributed by atoms with Gasteiger partial charge >= 0.3 is 0 Å². The van der Waals surface area contributed by atoms with Crippen LogP contribution in [0.15, 0.2) is 0 Å². The zero-order valence-corrected chi connectivity index (χ0v) is 10.5. The Labute approximate surface area is 97.3 Å². The molecule has 1 saturated carbocycles. The van der Waals surface area contributed by atoms with Gasteiger partial charge < -0.3 is 10.4 Å². The Hall–Kier alpha value is -0.130. The van der Waals surface area contributed by atoms with Crippen molar-refractivity contribution in [2.24, 2.45) is 5.92 Å². The molecule has 1 heterocycles. The zero-order chi connectivity index (χ0) is 11.8. The molecule has 0 spiro atoms. The van der Waals surface area contributed by atoms with Gasteiger partial charge in [0.1, 0.15) is 0 Å². The van der Waals surface area contributed by atoms with E-state index >= 15 is 0 Å². The van der Waals surface area contributed by atoms with Crippen LogP contribution >= 0.6 is 0 Å². The highest BCUT2D eigenvalue weighted by atomic mass is 32.2. The van der Waals surface area contributed by atoms with Gasteiger partial charge in [0.05, 0.1) is 17.6 Å². The Morgan fingerprint density at radius 3 is 2.38 bits per heavy atom. The molecule has 2 N–H and O–H groups in total. The van der Waals surface area contributed by atoms with Crippen LogP contribution in [0.3, 0.4) is 0 Å². The average molecular weight is 247 g/mol. The third kappa shape index (κ3) is 2.76. The summed E-state index contributed by atoms with van der Waals surface area (Å²) >= 11 is 0. The lowest BCUT2D eigenvalue weighted by molar-refractivity contribution is 0.143. The fraction of sp³-hybridized carbons (Fsp3) is 1.00. The van der Waals surface area contributed by atoms with Crippen molar-refractivity contribution in [3.8, 4) is 0 Å².